The van der Waals surface area contributed by atoms with Crippen LogP contribution in [0.1, 0.15) is 6.42 Å². The molecule has 0 heterocycles. The lowest BCUT2D eigenvalue weighted by Gasteiger charge is -2.12. The Morgan fingerprint density at radius 1 is 1.10 bits per heavy atom. The van der Waals surface area contributed by atoms with Crippen LogP contribution in [0.2, 0.25) is 0 Å². The van der Waals surface area contributed by atoms with Crippen molar-refractivity contribution in [2.75, 3.05) is 6.61 Å². The summed E-state index contributed by atoms with van der Waals surface area (Å²) < 4.78 is 0. The summed E-state index contributed by atoms with van der Waals surface area (Å²) in [6, 6.07) is 0. The van der Waals surface area contributed by atoms with Gasteiger partial charge in [0.2, 0.25) is 0 Å². The molecule has 1 aliphatic rings. The van der Waals surface area contributed by atoms with Gasteiger partial charge in [0.15, 0.2) is 0 Å². The molecule has 0 bridgehead atoms. The maximum absolute atomic E-state index is 9.06. The molecule has 0 aromatic carbocycles. The molecule has 4 N–H and O–H groups in total. The molecule has 10 heavy (non-hydrogen) atoms. The Morgan fingerprint density at radius 2 is 1.70 bits per heavy atom. The summed E-state index contributed by atoms with van der Waals surface area (Å²) in [5.41, 5.74) is 0. The van der Waals surface area contributed by atoms with E-state index in [2.05, 4.69) is 0 Å². The fraction of sp³-hybridized carbons (Fsp3) is 1.00. The number of aliphatic hydroxyl groups excluding tert-OH is 4. The van der Waals surface area contributed by atoms with Gasteiger partial charge in [0.1, 0.15) is 6.10 Å². The zero-order chi connectivity index (χ0) is 7.72. The minimum Gasteiger partial charge on any atom is -0.396 e. The molecule has 0 aromatic heterocycles. The first-order valence-corrected chi connectivity index (χ1v) is 3.32. The second-order valence-corrected chi connectivity index (χ2v) is 2.73. The van der Waals surface area contributed by atoms with Crippen LogP contribution in [-0.4, -0.2) is 45.3 Å². The van der Waals surface area contributed by atoms with E-state index in [9.17, 15) is 0 Å². The van der Waals surface area contributed by atoms with E-state index in [-0.39, 0.29) is 18.9 Å². The van der Waals surface area contributed by atoms with Gasteiger partial charge in [-0.05, 0) is 6.42 Å². The van der Waals surface area contributed by atoms with Gasteiger partial charge in [0.25, 0.3) is 0 Å². The lowest BCUT2D eigenvalue weighted by Crippen LogP contribution is -2.31. The number of hydrogen-bond acceptors (Lipinski definition) is 4. The second-order valence-electron chi connectivity index (χ2n) is 2.73. The normalized spacial score (nSPS) is 48.0. The molecule has 0 saturated heterocycles. The predicted molar refractivity (Wildman–Crippen MR) is 33.2 cm³/mol. The van der Waals surface area contributed by atoms with Gasteiger partial charge in [-0.1, -0.05) is 0 Å². The van der Waals surface area contributed by atoms with Crippen LogP contribution in [0.4, 0.5) is 0 Å². The third-order valence-electron chi connectivity index (χ3n) is 2.01. The topological polar surface area (TPSA) is 80.9 Å². The van der Waals surface area contributed by atoms with Gasteiger partial charge in [-0.15, -0.1) is 0 Å². The molecule has 4 atom stereocenters. The molecule has 60 valence electrons. The molecule has 4 nitrogen and oxygen atoms in total. The third-order valence-corrected chi connectivity index (χ3v) is 2.01. The second kappa shape index (κ2) is 2.84. The van der Waals surface area contributed by atoms with Gasteiger partial charge in [0, 0.05) is 12.5 Å². The van der Waals surface area contributed by atoms with Crippen LogP contribution in [0.15, 0.2) is 0 Å². The van der Waals surface area contributed by atoms with Crippen LogP contribution in [0.25, 0.3) is 0 Å². The third kappa shape index (κ3) is 1.15. The summed E-state index contributed by atoms with van der Waals surface area (Å²) >= 11 is 0. The Morgan fingerprint density at radius 3 is 1.90 bits per heavy atom. The Hall–Kier alpha value is -0.160. The van der Waals surface area contributed by atoms with Crippen molar-refractivity contribution >= 4 is 0 Å². The monoisotopic (exact) mass is 148 g/mol. The Bertz CT molecular complexity index is 116. The molecule has 1 fully saturated rings. The van der Waals surface area contributed by atoms with Crippen molar-refractivity contribution in [1.82, 2.24) is 0 Å². The van der Waals surface area contributed by atoms with Crippen LogP contribution < -0.4 is 0 Å². The lowest BCUT2D eigenvalue weighted by molar-refractivity contribution is -0.0302. The minimum atomic E-state index is -1.09. The zero-order valence-electron chi connectivity index (χ0n) is 5.51. The van der Waals surface area contributed by atoms with E-state index in [0.29, 0.717) is 0 Å². The van der Waals surface area contributed by atoms with Gasteiger partial charge in [-0.25, -0.2) is 0 Å². The van der Waals surface area contributed by atoms with Crippen molar-refractivity contribution in [3.05, 3.63) is 0 Å². The number of aliphatic hydroxyl groups is 4. The fourth-order valence-electron chi connectivity index (χ4n) is 1.28. The summed E-state index contributed by atoms with van der Waals surface area (Å²) in [5.74, 6) is -0.370. The molecule has 0 unspecified atom stereocenters. The van der Waals surface area contributed by atoms with E-state index >= 15 is 0 Å². The molecule has 0 aromatic rings. The fourth-order valence-corrected chi connectivity index (χ4v) is 1.28. The van der Waals surface area contributed by atoms with Gasteiger partial charge in [-0.2, -0.15) is 0 Å². The summed E-state index contributed by atoms with van der Waals surface area (Å²) in [4.78, 5) is 0. The van der Waals surface area contributed by atoms with E-state index in [1.54, 1.807) is 0 Å². The Kier molecular flexibility index (Phi) is 2.25. The predicted octanol–water partition coefficient (Wildman–Crippen LogP) is -1.92. The van der Waals surface area contributed by atoms with Crippen LogP contribution in [0, 0.1) is 5.92 Å². The minimum absolute atomic E-state index is 0.185. The van der Waals surface area contributed by atoms with E-state index in [4.69, 9.17) is 20.4 Å². The average Bonchev–Trinajstić information content (AvgIpc) is 2.17. The van der Waals surface area contributed by atoms with Gasteiger partial charge in [0.05, 0.1) is 12.2 Å². The van der Waals surface area contributed by atoms with Crippen molar-refractivity contribution in [2.24, 2.45) is 5.92 Å². The molecule has 0 amide bonds. The lowest BCUT2D eigenvalue weighted by atomic mass is 10.1. The van der Waals surface area contributed by atoms with E-state index in [1.807, 2.05) is 0 Å². The summed E-state index contributed by atoms with van der Waals surface area (Å²) in [6.45, 7) is -0.185. The number of rotatable bonds is 1. The van der Waals surface area contributed by atoms with Crippen molar-refractivity contribution in [3.63, 3.8) is 0 Å². The molecular formula is C6H12O4. The van der Waals surface area contributed by atoms with E-state index < -0.39 is 18.3 Å². The standard InChI is InChI=1S/C6H12O4/c7-2-3-1-4(8)6(10)5(3)9/h3-10H,1-2H2/t3-,4+,5-,6-/m1/s1. The first-order valence-electron chi connectivity index (χ1n) is 3.32. The van der Waals surface area contributed by atoms with Crippen molar-refractivity contribution in [2.45, 2.75) is 24.7 Å². The molecular weight excluding hydrogens is 136 g/mol. The van der Waals surface area contributed by atoms with Crippen LogP contribution in [0.3, 0.4) is 0 Å². The quantitative estimate of drug-likeness (QED) is 0.349. The summed E-state index contributed by atoms with van der Waals surface area (Å²) in [6.07, 6.45) is -2.66. The van der Waals surface area contributed by atoms with Gasteiger partial charge >= 0.3 is 0 Å². The van der Waals surface area contributed by atoms with Crippen LogP contribution >= 0.6 is 0 Å². The van der Waals surface area contributed by atoms with Crippen LogP contribution in [0.5, 0.6) is 0 Å². The molecule has 0 spiro atoms. The average molecular weight is 148 g/mol. The zero-order valence-corrected chi connectivity index (χ0v) is 5.51. The first kappa shape index (κ1) is 7.94. The Balaban J connectivity index is 2.53. The first-order chi connectivity index (χ1) is 4.66. The highest BCUT2D eigenvalue weighted by atomic mass is 16.4. The van der Waals surface area contributed by atoms with E-state index in [1.165, 1.54) is 0 Å². The maximum atomic E-state index is 9.06. The van der Waals surface area contributed by atoms with Crippen molar-refractivity contribution < 1.29 is 20.4 Å². The van der Waals surface area contributed by atoms with Crippen LogP contribution in [-0.2, 0) is 0 Å². The highest BCUT2D eigenvalue weighted by Crippen LogP contribution is 2.25. The maximum Gasteiger partial charge on any atom is 0.106 e. The largest absolute Gasteiger partial charge is 0.396 e. The van der Waals surface area contributed by atoms with Crippen molar-refractivity contribution in [1.29, 1.82) is 0 Å². The Labute approximate surface area is 58.7 Å². The molecule has 1 saturated carbocycles. The van der Waals surface area contributed by atoms with Gasteiger partial charge in [-0.3, -0.25) is 0 Å². The number of hydrogen-bond donors (Lipinski definition) is 4. The van der Waals surface area contributed by atoms with Crippen molar-refractivity contribution in [3.8, 4) is 0 Å². The molecule has 0 radical (unpaired) electrons. The van der Waals surface area contributed by atoms with E-state index in [0.717, 1.165) is 0 Å². The summed E-state index contributed by atoms with van der Waals surface area (Å²) in [7, 11) is 0. The molecule has 1 rings (SSSR count). The SMILES string of the molecule is OC[C@H]1C[C@H](O)[C@@H](O)[C@@H]1O. The molecule has 0 aliphatic heterocycles. The molecule has 1 aliphatic carbocycles. The highest BCUT2D eigenvalue weighted by molar-refractivity contribution is 4.90. The summed E-state index contributed by atoms with van der Waals surface area (Å²) in [5, 5.41) is 35.6. The highest BCUT2D eigenvalue weighted by Gasteiger charge is 2.39. The molecule has 4 heteroatoms. The smallest absolute Gasteiger partial charge is 0.106 e. The van der Waals surface area contributed by atoms with Gasteiger partial charge < -0.3 is 20.4 Å².